The molecule has 0 aromatic carbocycles. The summed E-state index contributed by atoms with van der Waals surface area (Å²) in [4.78, 5) is 28.3. The van der Waals surface area contributed by atoms with Crippen LogP contribution in [-0.4, -0.2) is 45.0 Å². The SMILES string of the molecule is C#CCSCCNC(=O)c1nc[nH]c1C(=O)O. The van der Waals surface area contributed by atoms with Crippen molar-refractivity contribution in [1.29, 1.82) is 0 Å². The fourth-order valence-electron chi connectivity index (χ4n) is 1.08. The van der Waals surface area contributed by atoms with E-state index in [1.165, 1.54) is 18.1 Å². The number of carboxylic acid groups (broad SMARTS) is 1. The van der Waals surface area contributed by atoms with E-state index < -0.39 is 11.9 Å². The highest BCUT2D eigenvalue weighted by Gasteiger charge is 2.18. The molecular weight excluding hydrogens is 242 g/mol. The van der Waals surface area contributed by atoms with Gasteiger partial charge in [-0.05, 0) is 0 Å². The van der Waals surface area contributed by atoms with Crippen LogP contribution in [-0.2, 0) is 0 Å². The molecule has 0 saturated heterocycles. The Labute approximate surface area is 102 Å². The van der Waals surface area contributed by atoms with Crippen LogP contribution >= 0.6 is 11.8 Å². The first-order valence-electron chi connectivity index (χ1n) is 4.73. The second-order valence-electron chi connectivity index (χ2n) is 2.94. The number of H-pyrrole nitrogens is 1. The lowest BCUT2D eigenvalue weighted by atomic mass is 10.3. The number of nitrogens with zero attached hydrogens (tertiary/aromatic N) is 1. The normalized spacial score (nSPS) is 9.59. The number of amides is 1. The van der Waals surface area contributed by atoms with E-state index in [0.717, 1.165) is 0 Å². The van der Waals surface area contributed by atoms with Gasteiger partial charge in [0.05, 0.1) is 12.1 Å². The molecule has 0 radical (unpaired) electrons. The van der Waals surface area contributed by atoms with Gasteiger partial charge in [-0.3, -0.25) is 4.79 Å². The molecule has 6 nitrogen and oxygen atoms in total. The van der Waals surface area contributed by atoms with Crippen LogP contribution in [0.4, 0.5) is 0 Å². The van der Waals surface area contributed by atoms with Gasteiger partial charge >= 0.3 is 5.97 Å². The Balaban J connectivity index is 2.45. The third-order valence-corrected chi connectivity index (χ3v) is 2.65. The summed E-state index contributed by atoms with van der Waals surface area (Å²) in [5.41, 5.74) is -0.321. The van der Waals surface area contributed by atoms with Gasteiger partial charge in [0.2, 0.25) is 0 Å². The van der Waals surface area contributed by atoms with Crippen molar-refractivity contribution in [2.45, 2.75) is 0 Å². The minimum absolute atomic E-state index is 0.112. The van der Waals surface area contributed by atoms with Gasteiger partial charge in [-0.2, -0.15) is 0 Å². The Morgan fingerprint density at radius 2 is 2.41 bits per heavy atom. The van der Waals surface area contributed by atoms with E-state index in [2.05, 4.69) is 21.2 Å². The largest absolute Gasteiger partial charge is 0.477 e. The van der Waals surface area contributed by atoms with Crippen LogP contribution in [0.15, 0.2) is 6.33 Å². The number of rotatable bonds is 6. The standard InChI is InChI=1S/C10H11N3O3S/c1-2-4-17-5-3-11-9(14)7-8(10(15)16)13-6-12-7/h1,6H,3-5H2,(H,11,14)(H,12,13)(H,15,16). The lowest BCUT2D eigenvalue weighted by molar-refractivity contribution is 0.0685. The van der Waals surface area contributed by atoms with Crippen molar-refractivity contribution < 1.29 is 14.7 Å². The number of carboxylic acids is 1. The van der Waals surface area contributed by atoms with Gasteiger partial charge in [-0.1, -0.05) is 5.92 Å². The van der Waals surface area contributed by atoms with Crippen molar-refractivity contribution in [2.24, 2.45) is 0 Å². The van der Waals surface area contributed by atoms with Gasteiger partial charge in [-0.25, -0.2) is 9.78 Å². The number of thioether (sulfide) groups is 1. The van der Waals surface area contributed by atoms with E-state index >= 15 is 0 Å². The molecule has 0 saturated carbocycles. The number of nitrogens with one attached hydrogen (secondary N) is 2. The summed E-state index contributed by atoms with van der Waals surface area (Å²) < 4.78 is 0. The molecule has 17 heavy (non-hydrogen) atoms. The van der Waals surface area contributed by atoms with E-state index in [-0.39, 0.29) is 11.4 Å². The highest BCUT2D eigenvalue weighted by Crippen LogP contribution is 2.02. The van der Waals surface area contributed by atoms with Crippen molar-refractivity contribution in [1.82, 2.24) is 15.3 Å². The zero-order valence-electron chi connectivity index (χ0n) is 8.90. The molecule has 1 rings (SSSR count). The number of carbonyl (C=O) groups excluding carboxylic acids is 1. The monoisotopic (exact) mass is 253 g/mol. The zero-order valence-corrected chi connectivity index (χ0v) is 9.71. The quantitative estimate of drug-likeness (QED) is 0.497. The Morgan fingerprint density at radius 3 is 3.06 bits per heavy atom. The molecule has 0 aliphatic rings. The van der Waals surface area contributed by atoms with Gasteiger partial charge in [0.1, 0.15) is 0 Å². The summed E-state index contributed by atoms with van der Waals surface area (Å²) >= 11 is 1.51. The Morgan fingerprint density at radius 1 is 1.65 bits per heavy atom. The van der Waals surface area contributed by atoms with E-state index in [1.807, 2.05) is 0 Å². The third kappa shape index (κ3) is 3.85. The number of aromatic nitrogens is 2. The predicted molar refractivity (Wildman–Crippen MR) is 64.0 cm³/mol. The number of hydrogen-bond donors (Lipinski definition) is 3. The van der Waals surface area contributed by atoms with Crippen LogP contribution in [0.3, 0.4) is 0 Å². The molecule has 1 heterocycles. The van der Waals surface area contributed by atoms with E-state index in [0.29, 0.717) is 18.1 Å². The molecule has 1 aromatic heterocycles. The maximum Gasteiger partial charge on any atom is 0.354 e. The highest BCUT2D eigenvalue weighted by molar-refractivity contribution is 7.99. The molecule has 90 valence electrons. The molecular formula is C10H11N3O3S. The van der Waals surface area contributed by atoms with Crippen LogP contribution in [0.2, 0.25) is 0 Å². The van der Waals surface area contributed by atoms with Gasteiger partial charge < -0.3 is 15.4 Å². The smallest absolute Gasteiger partial charge is 0.354 e. The molecule has 3 N–H and O–H groups in total. The molecule has 0 unspecified atom stereocenters. The number of imidazole rings is 1. The lowest BCUT2D eigenvalue weighted by Gasteiger charge is -2.02. The predicted octanol–water partition coefficient (Wildman–Crippen LogP) is 0.204. The number of aromatic amines is 1. The Bertz CT molecular complexity index is 450. The van der Waals surface area contributed by atoms with Crippen LogP contribution < -0.4 is 5.32 Å². The molecule has 7 heteroatoms. The van der Waals surface area contributed by atoms with Crippen LogP contribution in [0.25, 0.3) is 0 Å². The second kappa shape index (κ2) is 6.60. The summed E-state index contributed by atoms with van der Waals surface area (Å²) in [6.45, 7) is 0.414. The van der Waals surface area contributed by atoms with E-state index in [1.54, 1.807) is 0 Å². The minimum Gasteiger partial charge on any atom is -0.477 e. The fraction of sp³-hybridized carbons (Fsp3) is 0.300. The number of carbonyl (C=O) groups is 2. The highest BCUT2D eigenvalue weighted by atomic mass is 32.2. The third-order valence-electron chi connectivity index (χ3n) is 1.79. The van der Waals surface area contributed by atoms with Gasteiger partial charge in [0.25, 0.3) is 5.91 Å². The van der Waals surface area contributed by atoms with Crippen LogP contribution in [0.5, 0.6) is 0 Å². The van der Waals surface area contributed by atoms with Crippen molar-refractivity contribution in [3.8, 4) is 12.3 Å². The first-order valence-corrected chi connectivity index (χ1v) is 5.88. The summed E-state index contributed by atoms with van der Waals surface area (Å²) in [7, 11) is 0. The maximum absolute atomic E-state index is 11.6. The average molecular weight is 253 g/mol. The van der Waals surface area contributed by atoms with Gasteiger partial charge in [0.15, 0.2) is 11.4 Å². The molecule has 1 aromatic rings. The second-order valence-corrected chi connectivity index (χ2v) is 4.05. The number of aromatic carboxylic acids is 1. The summed E-state index contributed by atoms with van der Waals surface area (Å²) in [5, 5.41) is 11.3. The maximum atomic E-state index is 11.6. The van der Waals surface area contributed by atoms with Crippen LogP contribution in [0, 0.1) is 12.3 Å². The first kappa shape index (κ1) is 13.1. The summed E-state index contributed by atoms with van der Waals surface area (Å²) in [6.07, 6.45) is 6.24. The molecule has 0 atom stereocenters. The average Bonchev–Trinajstić information content (AvgIpc) is 2.77. The molecule has 0 fully saturated rings. The van der Waals surface area contributed by atoms with Gasteiger partial charge in [-0.15, -0.1) is 18.2 Å². The number of hydrogen-bond acceptors (Lipinski definition) is 4. The van der Waals surface area contributed by atoms with Crippen LogP contribution in [0.1, 0.15) is 21.0 Å². The number of terminal acetylenes is 1. The minimum atomic E-state index is -1.21. The van der Waals surface area contributed by atoms with Crippen molar-refractivity contribution in [3.05, 3.63) is 17.7 Å². The first-order chi connectivity index (χ1) is 8.16. The lowest BCUT2D eigenvalue weighted by Crippen LogP contribution is -2.27. The molecule has 0 aliphatic carbocycles. The van der Waals surface area contributed by atoms with Crippen molar-refractivity contribution in [3.63, 3.8) is 0 Å². The Kier molecular flexibility index (Phi) is 5.10. The zero-order chi connectivity index (χ0) is 12.7. The topological polar surface area (TPSA) is 95.1 Å². The fourth-order valence-corrected chi connectivity index (χ4v) is 1.59. The Hall–Kier alpha value is -1.94. The molecule has 0 bridgehead atoms. The summed E-state index contributed by atoms with van der Waals surface area (Å²) in [5.74, 6) is 1.99. The van der Waals surface area contributed by atoms with Crippen molar-refractivity contribution in [2.75, 3.05) is 18.1 Å². The molecule has 0 aliphatic heterocycles. The molecule has 0 spiro atoms. The van der Waals surface area contributed by atoms with E-state index in [4.69, 9.17) is 11.5 Å². The summed E-state index contributed by atoms with van der Waals surface area (Å²) in [6, 6.07) is 0. The van der Waals surface area contributed by atoms with E-state index in [9.17, 15) is 9.59 Å². The van der Waals surface area contributed by atoms with Gasteiger partial charge in [0, 0.05) is 12.3 Å². The molecule has 1 amide bonds. The van der Waals surface area contributed by atoms with Crippen molar-refractivity contribution >= 4 is 23.6 Å².